The highest BCUT2D eigenvalue weighted by Gasteiger charge is 2.13. The van der Waals surface area contributed by atoms with Crippen molar-refractivity contribution in [1.29, 1.82) is 0 Å². The van der Waals surface area contributed by atoms with Gasteiger partial charge in [-0.05, 0) is 38.1 Å². The largest absolute Gasteiger partial charge is 0.466 e. The molecule has 1 amide bonds. The Balaban J connectivity index is 2.20. The van der Waals surface area contributed by atoms with Crippen molar-refractivity contribution >= 4 is 11.6 Å². The maximum Gasteiger partial charge on any atom is 0.259 e. The molecule has 0 aliphatic rings. The van der Waals surface area contributed by atoms with E-state index >= 15 is 0 Å². The molecule has 1 aromatic heterocycles. The molecule has 88 valence electrons. The number of aryl methyl sites for hydroxylation is 2. The number of furan rings is 1. The lowest BCUT2D eigenvalue weighted by atomic mass is 10.2. The highest BCUT2D eigenvalue weighted by atomic mass is 19.1. The topological polar surface area (TPSA) is 42.2 Å². The highest BCUT2D eigenvalue weighted by molar-refractivity contribution is 6.05. The normalized spacial score (nSPS) is 10.3. The van der Waals surface area contributed by atoms with Crippen LogP contribution >= 0.6 is 0 Å². The molecule has 1 heterocycles. The monoisotopic (exact) mass is 233 g/mol. The summed E-state index contributed by atoms with van der Waals surface area (Å²) in [5.74, 6) is 0.538. The first kappa shape index (κ1) is 11.4. The van der Waals surface area contributed by atoms with Gasteiger partial charge in [0.25, 0.3) is 5.91 Å². The van der Waals surface area contributed by atoms with Crippen molar-refractivity contribution in [1.82, 2.24) is 0 Å². The summed E-state index contributed by atoms with van der Waals surface area (Å²) in [6.07, 6.45) is 0. The quantitative estimate of drug-likeness (QED) is 0.864. The summed E-state index contributed by atoms with van der Waals surface area (Å²) < 4.78 is 18.2. The fourth-order valence-corrected chi connectivity index (χ4v) is 1.62. The number of benzene rings is 1. The van der Waals surface area contributed by atoms with Crippen molar-refractivity contribution in [3.05, 3.63) is 53.2 Å². The van der Waals surface area contributed by atoms with Crippen molar-refractivity contribution < 1.29 is 13.6 Å². The van der Waals surface area contributed by atoms with Gasteiger partial charge in [0.05, 0.1) is 5.56 Å². The smallest absolute Gasteiger partial charge is 0.259 e. The van der Waals surface area contributed by atoms with Gasteiger partial charge in [0.1, 0.15) is 17.3 Å². The van der Waals surface area contributed by atoms with Gasteiger partial charge in [-0.3, -0.25) is 4.79 Å². The molecule has 4 heteroatoms. The number of carbonyl (C=O) groups is 1. The van der Waals surface area contributed by atoms with Crippen LogP contribution in [0.3, 0.4) is 0 Å². The first-order valence-corrected chi connectivity index (χ1v) is 5.20. The highest BCUT2D eigenvalue weighted by Crippen LogP contribution is 2.16. The number of anilines is 1. The Morgan fingerprint density at radius 2 is 2.06 bits per heavy atom. The molecule has 0 saturated heterocycles. The Labute approximate surface area is 98.3 Å². The summed E-state index contributed by atoms with van der Waals surface area (Å²) in [6.45, 7) is 3.49. The van der Waals surface area contributed by atoms with Crippen LogP contribution in [0.5, 0.6) is 0 Å². The van der Waals surface area contributed by atoms with E-state index < -0.39 is 0 Å². The Kier molecular flexibility index (Phi) is 2.95. The summed E-state index contributed by atoms with van der Waals surface area (Å²) >= 11 is 0. The van der Waals surface area contributed by atoms with Gasteiger partial charge in [0.2, 0.25) is 0 Å². The van der Waals surface area contributed by atoms with Crippen LogP contribution in [0, 0.1) is 19.7 Å². The van der Waals surface area contributed by atoms with Gasteiger partial charge in [-0.25, -0.2) is 4.39 Å². The number of amides is 1. The lowest BCUT2D eigenvalue weighted by Gasteiger charge is -2.03. The molecule has 0 spiro atoms. The van der Waals surface area contributed by atoms with Crippen molar-refractivity contribution in [2.45, 2.75) is 13.8 Å². The van der Waals surface area contributed by atoms with E-state index in [0.29, 0.717) is 22.8 Å². The van der Waals surface area contributed by atoms with Crippen molar-refractivity contribution in [3.8, 4) is 0 Å². The standard InChI is InChI=1S/C13H12FNO2/c1-8-6-12(9(2)17-8)13(16)15-11-5-3-4-10(14)7-11/h3-7H,1-2H3,(H,15,16). The molecule has 0 unspecified atom stereocenters. The third-order valence-corrected chi connectivity index (χ3v) is 2.37. The van der Waals surface area contributed by atoms with E-state index in [0.717, 1.165) is 0 Å². The van der Waals surface area contributed by atoms with Gasteiger partial charge in [-0.15, -0.1) is 0 Å². The van der Waals surface area contributed by atoms with E-state index in [2.05, 4.69) is 5.32 Å². The zero-order chi connectivity index (χ0) is 12.4. The van der Waals surface area contributed by atoms with E-state index in [1.54, 1.807) is 32.0 Å². The summed E-state index contributed by atoms with van der Waals surface area (Å²) in [5, 5.41) is 2.61. The Hall–Kier alpha value is -2.10. The molecule has 1 aromatic carbocycles. The van der Waals surface area contributed by atoms with Crippen LogP contribution in [0.4, 0.5) is 10.1 Å². The van der Waals surface area contributed by atoms with Crippen LogP contribution in [0.1, 0.15) is 21.9 Å². The van der Waals surface area contributed by atoms with Gasteiger partial charge in [-0.1, -0.05) is 6.07 Å². The molecule has 0 fully saturated rings. The predicted molar refractivity (Wildman–Crippen MR) is 62.5 cm³/mol. The lowest BCUT2D eigenvalue weighted by Crippen LogP contribution is -2.12. The molecule has 0 aliphatic carbocycles. The van der Waals surface area contributed by atoms with Crippen LogP contribution in [-0.2, 0) is 0 Å². The number of hydrogen-bond acceptors (Lipinski definition) is 2. The molecular weight excluding hydrogens is 221 g/mol. The fraction of sp³-hybridized carbons (Fsp3) is 0.154. The minimum atomic E-state index is -0.386. The third kappa shape index (κ3) is 2.53. The molecule has 17 heavy (non-hydrogen) atoms. The Bertz CT molecular complexity index is 560. The van der Waals surface area contributed by atoms with Crippen LogP contribution in [0.2, 0.25) is 0 Å². The molecule has 0 saturated carbocycles. The second-order valence-electron chi connectivity index (χ2n) is 3.79. The second kappa shape index (κ2) is 4.41. The zero-order valence-electron chi connectivity index (χ0n) is 9.58. The number of halogens is 1. The van der Waals surface area contributed by atoms with Crippen LogP contribution in [-0.4, -0.2) is 5.91 Å². The first-order chi connectivity index (χ1) is 8.06. The van der Waals surface area contributed by atoms with Crippen LogP contribution in [0.15, 0.2) is 34.7 Å². The minimum absolute atomic E-state index is 0.301. The average Bonchev–Trinajstić information content (AvgIpc) is 2.58. The van der Waals surface area contributed by atoms with Gasteiger partial charge in [0.15, 0.2) is 0 Å². The van der Waals surface area contributed by atoms with Gasteiger partial charge < -0.3 is 9.73 Å². The third-order valence-electron chi connectivity index (χ3n) is 2.37. The Morgan fingerprint density at radius 1 is 1.29 bits per heavy atom. The van der Waals surface area contributed by atoms with Gasteiger partial charge in [-0.2, -0.15) is 0 Å². The minimum Gasteiger partial charge on any atom is -0.466 e. The van der Waals surface area contributed by atoms with Crippen molar-refractivity contribution in [2.75, 3.05) is 5.32 Å². The van der Waals surface area contributed by atoms with Crippen LogP contribution in [0.25, 0.3) is 0 Å². The van der Waals surface area contributed by atoms with Crippen LogP contribution < -0.4 is 5.32 Å². The van der Waals surface area contributed by atoms with Gasteiger partial charge >= 0.3 is 0 Å². The van der Waals surface area contributed by atoms with E-state index in [9.17, 15) is 9.18 Å². The molecule has 0 atom stereocenters. The summed E-state index contributed by atoms with van der Waals surface area (Å²) in [7, 11) is 0. The molecule has 2 aromatic rings. The maximum atomic E-state index is 12.9. The molecular formula is C13H12FNO2. The molecule has 0 aliphatic heterocycles. The maximum absolute atomic E-state index is 12.9. The number of rotatable bonds is 2. The summed E-state index contributed by atoms with van der Waals surface area (Å²) in [4.78, 5) is 11.9. The molecule has 0 radical (unpaired) electrons. The molecule has 3 nitrogen and oxygen atoms in total. The molecule has 0 bridgehead atoms. The number of hydrogen-bond donors (Lipinski definition) is 1. The lowest BCUT2D eigenvalue weighted by molar-refractivity contribution is 0.102. The SMILES string of the molecule is Cc1cc(C(=O)Nc2cccc(F)c2)c(C)o1. The predicted octanol–water partition coefficient (Wildman–Crippen LogP) is 3.29. The molecule has 1 N–H and O–H groups in total. The van der Waals surface area contributed by atoms with Crippen molar-refractivity contribution in [2.24, 2.45) is 0 Å². The summed E-state index contributed by atoms with van der Waals surface area (Å²) in [6, 6.07) is 7.41. The van der Waals surface area contributed by atoms with Gasteiger partial charge in [0, 0.05) is 5.69 Å². The van der Waals surface area contributed by atoms with E-state index in [1.165, 1.54) is 12.1 Å². The summed E-state index contributed by atoms with van der Waals surface area (Å²) in [5.41, 5.74) is 0.889. The van der Waals surface area contributed by atoms with E-state index in [4.69, 9.17) is 4.42 Å². The Morgan fingerprint density at radius 3 is 2.65 bits per heavy atom. The fourth-order valence-electron chi connectivity index (χ4n) is 1.62. The average molecular weight is 233 g/mol. The van der Waals surface area contributed by atoms with E-state index in [1.807, 2.05) is 0 Å². The first-order valence-electron chi connectivity index (χ1n) is 5.20. The molecule has 2 rings (SSSR count). The zero-order valence-corrected chi connectivity index (χ0v) is 9.58. The second-order valence-corrected chi connectivity index (χ2v) is 3.79. The number of nitrogens with one attached hydrogen (secondary N) is 1. The number of carbonyl (C=O) groups excluding carboxylic acids is 1. The van der Waals surface area contributed by atoms with E-state index in [-0.39, 0.29) is 11.7 Å². The van der Waals surface area contributed by atoms with Crippen molar-refractivity contribution in [3.63, 3.8) is 0 Å².